The lowest BCUT2D eigenvalue weighted by Gasteiger charge is -2.14. The SMILES string of the molecule is CCOC(=O)c1cc(C(=O)OCC)[nH]n1.CCOC(=O)c1cc(C(=O)OCC)n(C(C)C(=O)c2ccc(C)c(Cl)c2)n1. The number of carbonyl (C=O) groups excluding carboxylic acids is 5. The number of carbonyl (C=O) groups is 5. The molecule has 2 aromatic heterocycles. The molecule has 1 aromatic carbocycles. The fourth-order valence-electron chi connectivity index (χ4n) is 3.40. The minimum atomic E-state index is -0.855. The zero-order valence-electron chi connectivity index (χ0n) is 24.2. The molecule has 226 valence electrons. The lowest BCUT2D eigenvalue weighted by molar-refractivity contribution is 0.0500. The number of esters is 4. The van der Waals surface area contributed by atoms with Gasteiger partial charge in [-0.2, -0.15) is 10.2 Å². The van der Waals surface area contributed by atoms with Crippen LogP contribution in [0.5, 0.6) is 0 Å². The van der Waals surface area contributed by atoms with Crippen LogP contribution in [-0.2, 0) is 18.9 Å². The van der Waals surface area contributed by atoms with E-state index in [1.165, 1.54) is 16.8 Å². The van der Waals surface area contributed by atoms with Gasteiger partial charge < -0.3 is 18.9 Å². The van der Waals surface area contributed by atoms with Gasteiger partial charge in [0.15, 0.2) is 17.2 Å². The lowest BCUT2D eigenvalue weighted by atomic mass is 10.0. The Kier molecular flexibility index (Phi) is 12.9. The highest BCUT2D eigenvalue weighted by Crippen LogP contribution is 2.22. The van der Waals surface area contributed by atoms with Gasteiger partial charge in [-0.05, 0) is 53.2 Å². The third-order valence-corrected chi connectivity index (χ3v) is 5.87. The van der Waals surface area contributed by atoms with Gasteiger partial charge in [-0.25, -0.2) is 23.9 Å². The van der Waals surface area contributed by atoms with Crippen LogP contribution in [0.3, 0.4) is 0 Å². The number of aryl methyl sites for hydroxylation is 1. The molecular formula is C28H33ClN4O9. The normalized spacial score (nSPS) is 11.0. The third-order valence-electron chi connectivity index (χ3n) is 5.47. The van der Waals surface area contributed by atoms with Crippen molar-refractivity contribution in [3.05, 3.63) is 69.3 Å². The number of H-pyrrole nitrogens is 1. The number of nitrogens with one attached hydrogen (secondary N) is 1. The van der Waals surface area contributed by atoms with Crippen molar-refractivity contribution in [2.24, 2.45) is 0 Å². The Morgan fingerprint density at radius 3 is 1.93 bits per heavy atom. The van der Waals surface area contributed by atoms with E-state index in [0.717, 1.165) is 5.56 Å². The Labute approximate surface area is 247 Å². The molecule has 0 saturated carbocycles. The van der Waals surface area contributed by atoms with Crippen molar-refractivity contribution < 1.29 is 42.9 Å². The Hall–Kier alpha value is -4.52. The molecule has 0 aliphatic heterocycles. The van der Waals surface area contributed by atoms with E-state index in [9.17, 15) is 24.0 Å². The molecule has 0 spiro atoms. The molecule has 42 heavy (non-hydrogen) atoms. The summed E-state index contributed by atoms with van der Waals surface area (Å²) >= 11 is 6.10. The van der Waals surface area contributed by atoms with E-state index in [2.05, 4.69) is 15.3 Å². The summed E-state index contributed by atoms with van der Waals surface area (Å²) in [6.45, 7) is 11.0. The minimum Gasteiger partial charge on any atom is -0.461 e. The summed E-state index contributed by atoms with van der Waals surface area (Å²) < 4.78 is 20.5. The van der Waals surface area contributed by atoms with E-state index < -0.39 is 29.9 Å². The summed E-state index contributed by atoms with van der Waals surface area (Å²) in [5.74, 6) is -2.77. The van der Waals surface area contributed by atoms with Crippen molar-refractivity contribution in [1.82, 2.24) is 20.0 Å². The van der Waals surface area contributed by atoms with Gasteiger partial charge in [0.1, 0.15) is 17.4 Å². The van der Waals surface area contributed by atoms with Crippen molar-refractivity contribution in [1.29, 1.82) is 0 Å². The number of Topliss-reactive ketones (excluding diaryl/α,β-unsaturated/α-hetero) is 1. The molecule has 1 atom stereocenters. The Bertz CT molecular complexity index is 1400. The summed E-state index contributed by atoms with van der Waals surface area (Å²) in [7, 11) is 0. The highest BCUT2D eigenvalue weighted by molar-refractivity contribution is 6.31. The van der Waals surface area contributed by atoms with Crippen molar-refractivity contribution >= 4 is 41.3 Å². The van der Waals surface area contributed by atoms with Crippen LogP contribution in [0.4, 0.5) is 0 Å². The Morgan fingerprint density at radius 2 is 1.36 bits per heavy atom. The van der Waals surface area contributed by atoms with Gasteiger partial charge in [0.25, 0.3) is 0 Å². The molecular weight excluding hydrogens is 572 g/mol. The van der Waals surface area contributed by atoms with Gasteiger partial charge in [0, 0.05) is 22.7 Å². The standard InChI is InChI=1S/C19H21ClN2O5.C9H12N2O4/c1-5-26-18(24)15-10-16(19(25)27-6-2)22(21-15)12(4)17(23)13-8-7-11(3)14(20)9-13;1-3-14-8(12)6-5-7(11-10-6)9(13)15-4-2/h7-10,12H,5-6H2,1-4H3;5H,3-4H2,1-2H3,(H,10,11). The van der Waals surface area contributed by atoms with Gasteiger partial charge in [-0.15, -0.1) is 0 Å². The lowest BCUT2D eigenvalue weighted by Crippen LogP contribution is -2.23. The van der Waals surface area contributed by atoms with Crippen LogP contribution in [0, 0.1) is 6.92 Å². The van der Waals surface area contributed by atoms with E-state index in [-0.39, 0.29) is 55.0 Å². The second-order valence-electron chi connectivity index (χ2n) is 8.41. The molecule has 0 aliphatic rings. The molecule has 3 aromatic rings. The maximum Gasteiger partial charge on any atom is 0.358 e. The molecule has 1 unspecified atom stereocenters. The zero-order valence-corrected chi connectivity index (χ0v) is 24.9. The van der Waals surface area contributed by atoms with Gasteiger partial charge in [-0.1, -0.05) is 23.7 Å². The number of ether oxygens (including phenoxy) is 4. The molecule has 0 amide bonds. The quantitative estimate of drug-likeness (QED) is 0.187. The van der Waals surface area contributed by atoms with E-state index >= 15 is 0 Å². The number of ketones is 1. The molecule has 3 rings (SSSR count). The van der Waals surface area contributed by atoms with Crippen LogP contribution in [0.2, 0.25) is 5.02 Å². The number of benzene rings is 1. The van der Waals surface area contributed by atoms with Crippen LogP contribution in [0.1, 0.15) is 98.5 Å². The van der Waals surface area contributed by atoms with Crippen LogP contribution >= 0.6 is 11.6 Å². The van der Waals surface area contributed by atoms with E-state index in [0.29, 0.717) is 10.6 Å². The van der Waals surface area contributed by atoms with Crippen molar-refractivity contribution in [3.63, 3.8) is 0 Å². The second kappa shape index (κ2) is 16.1. The first-order valence-corrected chi connectivity index (χ1v) is 13.5. The zero-order chi connectivity index (χ0) is 31.4. The predicted octanol–water partition coefficient (Wildman–Crippen LogP) is 4.41. The molecule has 13 nitrogen and oxygen atoms in total. The molecule has 0 aliphatic carbocycles. The first-order valence-electron chi connectivity index (χ1n) is 13.1. The largest absolute Gasteiger partial charge is 0.461 e. The van der Waals surface area contributed by atoms with Crippen molar-refractivity contribution in [2.75, 3.05) is 26.4 Å². The fourth-order valence-corrected chi connectivity index (χ4v) is 3.58. The summed E-state index contributed by atoms with van der Waals surface area (Å²) in [4.78, 5) is 59.5. The number of hydrogen-bond acceptors (Lipinski definition) is 11. The maximum absolute atomic E-state index is 12.9. The van der Waals surface area contributed by atoms with E-state index in [4.69, 9.17) is 30.5 Å². The van der Waals surface area contributed by atoms with Gasteiger partial charge in [0.05, 0.1) is 26.4 Å². The average molecular weight is 605 g/mol. The molecule has 2 heterocycles. The molecule has 0 bridgehead atoms. The number of nitrogens with zero attached hydrogens (tertiary/aromatic N) is 3. The molecule has 14 heteroatoms. The maximum atomic E-state index is 12.9. The minimum absolute atomic E-state index is 0.000961. The predicted molar refractivity (Wildman–Crippen MR) is 150 cm³/mol. The summed E-state index contributed by atoms with van der Waals surface area (Å²) in [6.07, 6.45) is 0. The van der Waals surface area contributed by atoms with Crippen LogP contribution in [0.25, 0.3) is 0 Å². The number of halogens is 1. The van der Waals surface area contributed by atoms with Gasteiger partial charge in [-0.3, -0.25) is 9.89 Å². The average Bonchev–Trinajstić information content (AvgIpc) is 3.63. The number of aromatic nitrogens is 4. The smallest absolute Gasteiger partial charge is 0.358 e. The van der Waals surface area contributed by atoms with Crippen molar-refractivity contribution in [3.8, 4) is 0 Å². The Morgan fingerprint density at radius 1 is 0.810 bits per heavy atom. The third kappa shape index (κ3) is 8.74. The first-order chi connectivity index (χ1) is 20.0. The summed E-state index contributed by atoms with van der Waals surface area (Å²) in [6, 6.07) is 6.67. The van der Waals surface area contributed by atoms with Crippen LogP contribution in [0.15, 0.2) is 30.3 Å². The van der Waals surface area contributed by atoms with E-state index in [1.807, 2.05) is 6.92 Å². The number of hydrogen-bond donors (Lipinski definition) is 1. The molecule has 0 saturated heterocycles. The number of aromatic amines is 1. The topological polar surface area (TPSA) is 169 Å². The molecule has 1 N–H and O–H groups in total. The van der Waals surface area contributed by atoms with E-state index in [1.54, 1.807) is 52.8 Å². The second-order valence-corrected chi connectivity index (χ2v) is 8.82. The van der Waals surface area contributed by atoms with Crippen LogP contribution < -0.4 is 0 Å². The van der Waals surface area contributed by atoms with Crippen molar-refractivity contribution in [2.45, 2.75) is 47.6 Å². The summed E-state index contributed by atoms with van der Waals surface area (Å²) in [5, 5.41) is 10.6. The van der Waals surface area contributed by atoms with Gasteiger partial charge >= 0.3 is 23.9 Å². The van der Waals surface area contributed by atoms with Crippen LogP contribution in [-0.4, -0.2) is 76.1 Å². The first kappa shape index (κ1) is 33.7. The molecule has 0 radical (unpaired) electrons. The highest BCUT2D eigenvalue weighted by atomic mass is 35.5. The summed E-state index contributed by atoms with van der Waals surface area (Å²) in [5.41, 5.74) is 1.36. The monoisotopic (exact) mass is 604 g/mol. The fraction of sp³-hybridized carbons (Fsp3) is 0.393. The number of rotatable bonds is 11. The highest BCUT2D eigenvalue weighted by Gasteiger charge is 2.27. The molecule has 0 fully saturated rings. The Balaban J connectivity index is 0.000000347. The van der Waals surface area contributed by atoms with Gasteiger partial charge in [0.2, 0.25) is 0 Å².